The fraction of sp³-hybridized carbons (Fsp3) is 0.571. The molecule has 0 aromatic heterocycles. The van der Waals surface area contributed by atoms with Crippen LogP contribution in [0, 0.1) is 5.82 Å². The summed E-state index contributed by atoms with van der Waals surface area (Å²) in [6.07, 6.45) is 0.426. The summed E-state index contributed by atoms with van der Waals surface area (Å²) in [5.74, 6) is -0.311. The largest absolute Gasteiger partial charge is 0.389 e. The molecule has 3 nitrogen and oxygen atoms in total. The molecular weight excluding hydrogens is 233 g/mol. The number of benzene rings is 1. The lowest BCUT2D eigenvalue weighted by Crippen LogP contribution is -2.31. The highest BCUT2D eigenvalue weighted by atomic mass is 19.1. The van der Waals surface area contributed by atoms with Gasteiger partial charge >= 0.3 is 0 Å². The summed E-state index contributed by atoms with van der Waals surface area (Å²) in [5, 5.41) is 9.77. The molecule has 1 saturated heterocycles. The summed E-state index contributed by atoms with van der Waals surface area (Å²) in [7, 11) is 0. The first-order valence-electron chi connectivity index (χ1n) is 6.42. The lowest BCUT2D eigenvalue weighted by atomic mass is 10.1. The van der Waals surface area contributed by atoms with Crippen LogP contribution in [0.1, 0.15) is 31.9 Å². The van der Waals surface area contributed by atoms with Gasteiger partial charge in [-0.25, -0.2) is 4.39 Å². The van der Waals surface area contributed by atoms with Crippen molar-refractivity contribution in [3.05, 3.63) is 29.6 Å². The van der Waals surface area contributed by atoms with Gasteiger partial charge in [-0.1, -0.05) is 0 Å². The van der Waals surface area contributed by atoms with Crippen LogP contribution in [0.5, 0.6) is 0 Å². The van der Waals surface area contributed by atoms with Crippen molar-refractivity contribution in [2.45, 2.75) is 32.5 Å². The summed E-state index contributed by atoms with van der Waals surface area (Å²) in [5.41, 5.74) is 1.55. The van der Waals surface area contributed by atoms with Crippen LogP contribution in [0.25, 0.3) is 0 Å². The van der Waals surface area contributed by atoms with Crippen molar-refractivity contribution in [3.63, 3.8) is 0 Å². The van der Waals surface area contributed by atoms with Crippen molar-refractivity contribution in [2.24, 2.45) is 0 Å². The van der Waals surface area contributed by atoms with Crippen molar-refractivity contribution in [2.75, 3.05) is 24.6 Å². The van der Waals surface area contributed by atoms with Crippen molar-refractivity contribution >= 4 is 5.69 Å². The van der Waals surface area contributed by atoms with Gasteiger partial charge in [0.1, 0.15) is 5.82 Å². The lowest BCUT2D eigenvalue weighted by molar-refractivity contribution is 0.0820. The van der Waals surface area contributed by atoms with E-state index in [9.17, 15) is 9.50 Å². The summed E-state index contributed by atoms with van der Waals surface area (Å²) in [4.78, 5) is 2.17. The summed E-state index contributed by atoms with van der Waals surface area (Å²) in [6.45, 7) is 6.09. The van der Waals surface area contributed by atoms with Crippen molar-refractivity contribution in [1.82, 2.24) is 0 Å². The molecule has 2 atom stereocenters. The van der Waals surface area contributed by atoms with E-state index in [0.29, 0.717) is 5.56 Å². The van der Waals surface area contributed by atoms with Gasteiger partial charge in [0.15, 0.2) is 0 Å². The van der Waals surface area contributed by atoms with E-state index in [1.165, 1.54) is 12.1 Å². The molecule has 1 aromatic carbocycles. The van der Waals surface area contributed by atoms with Gasteiger partial charge in [-0.05, 0) is 38.5 Å². The first kappa shape index (κ1) is 13.3. The Balaban J connectivity index is 2.30. The van der Waals surface area contributed by atoms with Crippen LogP contribution in [0.3, 0.4) is 0 Å². The van der Waals surface area contributed by atoms with Gasteiger partial charge in [0.05, 0.1) is 12.2 Å². The minimum absolute atomic E-state index is 0.152. The van der Waals surface area contributed by atoms with E-state index < -0.39 is 6.10 Å². The van der Waals surface area contributed by atoms with Gasteiger partial charge in [-0.15, -0.1) is 0 Å². The Labute approximate surface area is 107 Å². The fourth-order valence-corrected chi connectivity index (χ4v) is 2.36. The summed E-state index contributed by atoms with van der Waals surface area (Å²) in [6, 6.07) is 4.60. The minimum Gasteiger partial charge on any atom is -0.389 e. The average molecular weight is 253 g/mol. The molecule has 2 rings (SSSR count). The van der Waals surface area contributed by atoms with E-state index in [2.05, 4.69) is 4.90 Å². The van der Waals surface area contributed by atoms with E-state index in [4.69, 9.17) is 4.74 Å². The molecule has 0 saturated carbocycles. The van der Waals surface area contributed by atoms with E-state index in [1.54, 1.807) is 13.0 Å². The van der Waals surface area contributed by atoms with Crippen molar-refractivity contribution in [1.29, 1.82) is 0 Å². The molecule has 1 unspecified atom stereocenters. The molecule has 0 amide bonds. The molecule has 0 radical (unpaired) electrons. The molecule has 0 bridgehead atoms. The Kier molecular flexibility index (Phi) is 4.19. The second-order valence-electron chi connectivity index (χ2n) is 4.86. The first-order valence-corrected chi connectivity index (χ1v) is 6.42. The molecule has 0 aliphatic carbocycles. The van der Waals surface area contributed by atoms with Gasteiger partial charge in [0.25, 0.3) is 0 Å². The molecular formula is C14H20FNO2. The minimum atomic E-state index is -0.671. The monoisotopic (exact) mass is 253 g/mol. The molecule has 18 heavy (non-hydrogen) atoms. The molecule has 1 aromatic rings. The third kappa shape index (κ3) is 3.00. The Hall–Kier alpha value is -1.13. The number of ether oxygens (including phenoxy) is 1. The fourth-order valence-electron chi connectivity index (χ4n) is 2.36. The van der Waals surface area contributed by atoms with Crippen molar-refractivity contribution in [3.8, 4) is 0 Å². The predicted molar refractivity (Wildman–Crippen MR) is 69.3 cm³/mol. The van der Waals surface area contributed by atoms with Crippen LogP contribution in [-0.2, 0) is 4.74 Å². The third-order valence-electron chi connectivity index (χ3n) is 3.23. The van der Waals surface area contributed by atoms with Crippen molar-refractivity contribution < 1.29 is 14.2 Å². The van der Waals surface area contributed by atoms with Gasteiger partial charge in [-0.2, -0.15) is 0 Å². The summed E-state index contributed by atoms with van der Waals surface area (Å²) >= 11 is 0. The molecule has 100 valence electrons. The zero-order chi connectivity index (χ0) is 13.1. The zero-order valence-corrected chi connectivity index (χ0v) is 10.9. The third-order valence-corrected chi connectivity index (χ3v) is 3.23. The number of anilines is 1. The molecule has 1 fully saturated rings. The molecule has 4 heteroatoms. The molecule has 1 N–H and O–H groups in total. The predicted octanol–water partition coefficient (Wildman–Crippen LogP) is 2.49. The van der Waals surface area contributed by atoms with E-state index in [0.717, 1.165) is 31.8 Å². The standard InChI is InChI=1S/C14H20FNO2/c1-10-9-16(6-3-7-18-10)14-5-4-12(15)8-13(14)11(2)17/h4-5,8,10-11,17H,3,6-7,9H2,1-2H3/t10?,11-/m1/s1. The van der Waals surface area contributed by atoms with E-state index in [-0.39, 0.29) is 11.9 Å². The second-order valence-corrected chi connectivity index (χ2v) is 4.86. The maximum atomic E-state index is 13.3. The quantitative estimate of drug-likeness (QED) is 0.879. The van der Waals surface area contributed by atoms with Crippen LogP contribution >= 0.6 is 0 Å². The first-order chi connectivity index (χ1) is 8.58. The Morgan fingerprint density at radius 1 is 1.50 bits per heavy atom. The number of aliphatic hydroxyl groups excluding tert-OH is 1. The van der Waals surface area contributed by atoms with Gasteiger partial charge in [0.2, 0.25) is 0 Å². The van der Waals surface area contributed by atoms with Gasteiger partial charge < -0.3 is 14.7 Å². The Morgan fingerprint density at radius 3 is 3.00 bits per heavy atom. The SMILES string of the molecule is CC1CN(c2ccc(F)cc2[C@@H](C)O)CCCO1. The molecule has 1 aliphatic heterocycles. The molecule has 0 spiro atoms. The number of halogens is 1. The van der Waals surface area contributed by atoms with Crippen LogP contribution in [0.2, 0.25) is 0 Å². The number of hydrogen-bond acceptors (Lipinski definition) is 3. The van der Waals surface area contributed by atoms with Gasteiger partial charge in [0, 0.05) is 30.9 Å². The normalized spacial score (nSPS) is 22.7. The smallest absolute Gasteiger partial charge is 0.123 e. The maximum absolute atomic E-state index is 13.3. The zero-order valence-electron chi connectivity index (χ0n) is 10.9. The van der Waals surface area contributed by atoms with Crippen LogP contribution < -0.4 is 4.90 Å². The number of hydrogen-bond donors (Lipinski definition) is 1. The number of aliphatic hydroxyl groups is 1. The Morgan fingerprint density at radius 2 is 2.28 bits per heavy atom. The van der Waals surface area contributed by atoms with Crippen LogP contribution in [-0.4, -0.2) is 30.9 Å². The highest BCUT2D eigenvalue weighted by Crippen LogP contribution is 2.28. The van der Waals surface area contributed by atoms with Crippen LogP contribution in [0.4, 0.5) is 10.1 Å². The topological polar surface area (TPSA) is 32.7 Å². The lowest BCUT2D eigenvalue weighted by Gasteiger charge is -2.27. The van der Waals surface area contributed by atoms with Crippen LogP contribution in [0.15, 0.2) is 18.2 Å². The number of nitrogens with zero attached hydrogens (tertiary/aromatic N) is 1. The highest BCUT2D eigenvalue weighted by molar-refractivity contribution is 5.55. The molecule has 1 heterocycles. The second kappa shape index (κ2) is 5.67. The van der Waals surface area contributed by atoms with E-state index >= 15 is 0 Å². The molecule has 1 aliphatic rings. The van der Waals surface area contributed by atoms with Gasteiger partial charge in [-0.3, -0.25) is 0 Å². The number of rotatable bonds is 2. The summed E-state index contributed by atoms with van der Waals surface area (Å²) < 4.78 is 18.9. The average Bonchev–Trinajstić information content (AvgIpc) is 2.53. The highest BCUT2D eigenvalue weighted by Gasteiger charge is 2.19. The maximum Gasteiger partial charge on any atom is 0.123 e. The van der Waals surface area contributed by atoms with E-state index in [1.807, 2.05) is 6.92 Å². The Bertz CT molecular complexity index is 409.